The van der Waals surface area contributed by atoms with Crippen LogP contribution in [0.4, 0.5) is 0 Å². The Morgan fingerprint density at radius 2 is 1.31 bits per heavy atom. The predicted molar refractivity (Wildman–Crippen MR) is 129 cm³/mol. The van der Waals surface area contributed by atoms with E-state index >= 15 is 0 Å². The number of carbonyl (C=O) groups excluding carboxylic acids is 2. The quantitative estimate of drug-likeness (QED) is 0.0997. The monoisotopic (exact) mass is 504 g/mol. The zero-order valence-electron chi connectivity index (χ0n) is 21.2. The standard InChI is InChI=1S/C24H44N2O9/c1-21(2)22(20-27)25-23(28)5-8-30-10-12-32-14-16-34-18-19-35-17-15-33-13-11-31-9-7-26-6-3-4-24(26)29/h3-4,20-23,25,28H,5-19H2,1-2H3. The van der Waals surface area contributed by atoms with Crippen LogP contribution in [0.3, 0.4) is 0 Å². The van der Waals surface area contributed by atoms with Crippen LogP contribution >= 0.6 is 0 Å². The van der Waals surface area contributed by atoms with E-state index in [4.69, 9.17) is 28.4 Å². The van der Waals surface area contributed by atoms with Gasteiger partial charge in [-0.15, -0.1) is 0 Å². The molecule has 0 spiro atoms. The third-order valence-electron chi connectivity index (χ3n) is 5.05. The third kappa shape index (κ3) is 17.6. The summed E-state index contributed by atoms with van der Waals surface area (Å²) in [6.07, 6.45) is 3.87. The lowest BCUT2D eigenvalue weighted by molar-refractivity contribution is -0.125. The number of nitrogens with one attached hydrogen (secondary N) is 1. The highest BCUT2D eigenvalue weighted by atomic mass is 16.6. The van der Waals surface area contributed by atoms with Crippen molar-refractivity contribution in [1.82, 2.24) is 10.2 Å². The largest absolute Gasteiger partial charge is 0.379 e. The van der Waals surface area contributed by atoms with Crippen LogP contribution in [0, 0.1) is 5.92 Å². The number of ether oxygens (including phenoxy) is 6. The molecule has 0 aromatic carbocycles. The van der Waals surface area contributed by atoms with E-state index in [1.807, 2.05) is 19.9 Å². The molecule has 0 radical (unpaired) electrons. The lowest BCUT2D eigenvalue weighted by atomic mass is 10.1. The van der Waals surface area contributed by atoms with Crippen molar-refractivity contribution in [2.75, 3.05) is 92.4 Å². The molecule has 1 aliphatic rings. The first-order valence-electron chi connectivity index (χ1n) is 12.4. The molecule has 0 bridgehead atoms. The first-order chi connectivity index (χ1) is 17.0. The Bertz CT molecular complexity index is 563. The molecular formula is C24H44N2O9. The number of aliphatic hydroxyl groups excluding tert-OH is 1. The molecular weight excluding hydrogens is 460 g/mol. The van der Waals surface area contributed by atoms with E-state index in [0.29, 0.717) is 98.8 Å². The highest BCUT2D eigenvalue weighted by molar-refractivity contribution is 5.89. The van der Waals surface area contributed by atoms with Crippen molar-refractivity contribution in [3.05, 3.63) is 12.2 Å². The zero-order valence-corrected chi connectivity index (χ0v) is 21.2. The van der Waals surface area contributed by atoms with Gasteiger partial charge in [0, 0.05) is 25.6 Å². The number of carbonyl (C=O) groups is 2. The molecule has 204 valence electrons. The van der Waals surface area contributed by atoms with Gasteiger partial charge in [-0.25, -0.2) is 0 Å². The summed E-state index contributed by atoms with van der Waals surface area (Å²) in [4.78, 5) is 24.0. The highest BCUT2D eigenvalue weighted by Gasteiger charge is 2.15. The summed E-state index contributed by atoms with van der Waals surface area (Å²) in [7, 11) is 0. The van der Waals surface area contributed by atoms with Crippen LogP contribution in [0.15, 0.2) is 12.2 Å². The Kier molecular flexibility index (Phi) is 19.7. The first kappa shape index (κ1) is 31.6. The molecule has 2 unspecified atom stereocenters. The Morgan fingerprint density at radius 3 is 1.71 bits per heavy atom. The van der Waals surface area contributed by atoms with Crippen LogP contribution in [0.25, 0.3) is 0 Å². The maximum Gasteiger partial charge on any atom is 0.246 e. The summed E-state index contributed by atoms with van der Waals surface area (Å²) in [5, 5.41) is 12.7. The molecule has 0 saturated carbocycles. The fraction of sp³-hybridized carbons (Fsp3) is 0.833. The minimum Gasteiger partial charge on any atom is -0.379 e. The second kappa shape index (κ2) is 21.8. The number of amides is 1. The van der Waals surface area contributed by atoms with Gasteiger partial charge in [-0.3, -0.25) is 10.1 Å². The number of aliphatic hydroxyl groups is 1. The second-order valence-corrected chi connectivity index (χ2v) is 8.24. The van der Waals surface area contributed by atoms with Gasteiger partial charge in [0.2, 0.25) is 5.91 Å². The van der Waals surface area contributed by atoms with Gasteiger partial charge in [-0.1, -0.05) is 19.9 Å². The lowest BCUT2D eigenvalue weighted by Crippen LogP contribution is -2.43. The molecule has 11 heteroatoms. The minimum absolute atomic E-state index is 0.0406. The molecule has 11 nitrogen and oxygen atoms in total. The maximum absolute atomic E-state index is 11.4. The van der Waals surface area contributed by atoms with E-state index < -0.39 is 6.23 Å². The number of aldehydes is 1. The van der Waals surface area contributed by atoms with Gasteiger partial charge in [0.05, 0.1) is 85.3 Å². The molecule has 1 amide bonds. The average Bonchev–Trinajstić information content (AvgIpc) is 3.25. The summed E-state index contributed by atoms with van der Waals surface area (Å²) < 4.78 is 32.6. The Morgan fingerprint density at radius 1 is 0.857 bits per heavy atom. The fourth-order valence-corrected chi connectivity index (χ4v) is 2.94. The summed E-state index contributed by atoms with van der Waals surface area (Å²) in [5.41, 5.74) is 0. The summed E-state index contributed by atoms with van der Waals surface area (Å²) in [6, 6.07) is -0.361. The van der Waals surface area contributed by atoms with Crippen LogP contribution in [-0.4, -0.2) is 127 Å². The smallest absolute Gasteiger partial charge is 0.246 e. The number of nitrogens with zero attached hydrogens (tertiary/aromatic N) is 1. The fourth-order valence-electron chi connectivity index (χ4n) is 2.94. The molecule has 1 aliphatic heterocycles. The summed E-state index contributed by atoms with van der Waals surface area (Å²) in [6.45, 7) is 10.7. The van der Waals surface area contributed by atoms with Crippen molar-refractivity contribution in [3.63, 3.8) is 0 Å². The summed E-state index contributed by atoms with van der Waals surface area (Å²) >= 11 is 0. The molecule has 1 rings (SSSR count). The van der Waals surface area contributed by atoms with E-state index in [0.717, 1.165) is 6.29 Å². The van der Waals surface area contributed by atoms with Gasteiger partial charge in [0.25, 0.3) is 0 Å². The van der Waals surface area contributed by atoms with Crippen molar-refractivity contribution in [3.8, 4) is 0 Å². The molecule has 2 atom stereocenters. The molecule has 2 N–H and O–H groups in total. The van der Waals surface area contributed by atoms with Crippen molar-refractivity contribution in [2.45, 2.75) is 32.5 Å². The Balaban J connectivity index is 1.71. The van der Waals surface area contributed by atoms with E-state index in [1.54, 1.807) is 11.0 Å². The SMILES string of the molecule is CC(C)C(C=O)NC(O)CCOCCOCCOCCOCCOCCOCCN1CC=CC1=O. The van der Waals surface area contributed by atoms with E-state index in [9.17, 15) is 14.7 Å². The molecule has 0 aromatic heterocycles. The van der Waals surface area contributed by atoms with Crippen molar-refractivity contribution in [1.29, 1.82) is 0 Å². The predicted octanol–water partition coefficient (Wildman–Crippen LogP) is 0.00600. The average molecular weight is 505 g/mol. The third-order valence-corrected chi connectivity index (χ3v) is 5.05. The highest BCUT2D eigenvalue weighted by Crippen LogP contribution is 2.01. The van der Waals surface area contributed by atoms with E-state index in [2.05, 4.69) is 5.32 Å². The Labute approximate surface area is 209 Å². The van der Waals surface area contributed by atoms with Gasteiger partial charge >= 0.3 is 0 Å². The normalized spacial score (nSPS) is 15.3. The topological polar surface area (TPSA) is 125 Å². The number of hydrogen-bond acceptors (Lipinski definition) is 10. The van der Waals surface area contributed by atoms with Crippen molar-refractivity contribution in [2.24, 2.45) is 5.92 Å². The Hall–Kier alpha value is -1.44. The van der Waals surface area contributed by atoms with Crippen LogP contribution in [-0.2, 0) is 38.0 Å². The number of hydrogen-bond donors (Lipinski definition) is 2. The van der Waals surface area contributed by atoms with Crippen LogP contribution < -0.4 is 5.32 Å². The van der Waals surface area contributed by atoms with Gasteiger partial charge in [-0.2, -0.15) is 0 Å². The molecule has 35 heavy (non-hydrogen) atoms. The van der Waals surface area contributed by atoms with Gasteiger partial charge in [0.1, 0.15) is 12.5 Å². The number of rotatable bonds is 25. The molecule has 0 aliphatic carbocycles. The van der Waals surface area contributed by atoms with Crippen LogP contribution in [0.2, 0.25) is 0 Å². The van der Waals surface area contributed by atoms with Gasteiger partial charge in [0.15, 0.2) is 0 Å². The van der Waals surface area contributed by atoms with E-state index in [1.165, 1.54) is 0 Å². The van der Waals surface area contributed by atoms with E-state index in [-0.39, 0.29) is 17.9 Å². The first-order valence-corrected chi connectivity index (χ1v) is 12.4. The molecule has 0 fully saturated rings. The summed E-state index contributed by atoms with van der Waals surface area (Å²) in [5.74, 6) is 0.164. The zero-order chi connectivity index (χ0) is 25.6. The minimum atomic E-state index is -0.772. The van der Waals surface area contributed by atoms with Gasteiger partial charge < -0.3 is 43.2 Å². The molecule has 0 saturated heterocycles. The van der Waals surface area contributed by atoms with Crippen LogP contribution in [0.1, 0.15) is 20.3 Å². The van der Waals surface area contributed by atoms with Crippen molar-refractivity contribution < 1.29 is 43.1 Å². The van der Waals surface area contributed by atoms with Gasteiger partial charge in [-0.05, 0) is 5.92 Å². The molecule has 0 aromatic rings. The van der Waals surface area contributed by atoms with Crippen molar-refractivity contribution >= 4 is 12.2 Å². The lowest BCUT2D eigenvalue weighted by Gasteiger charge is -2.20. The second-order valence-electron chi connectivity index (χ2n) is 8.24. The molecule has 1 heterocycles. The van der Waals surface area contributed by atoms with Crippen LogP contribution in [0.5, 0.6) is 0 Å². The maximum atomic E-state index is 11.4.